The fourth-order valence-corrected chi connectivity index (χ4v) is 5.26. The third-order valence-corrected chi connectivity index (χ3v) is 7.35. The van der Waals surface area contributed by atoms with Gasteiger partial charge in [-0.3, -0.25) is 14.1 Å². The van der Waals surface area contributed by atoms with Gasteiger partial charge in [-0.15, -0.1) is 0 Å². The summed E-state index contributed by atoms with van der Waals surface area (Å²) >= 11 is 1.52. The highest BCUT2D eigenvalue weighted by atomic mass is 32.2. The van der Waals surface area contributed by atoms with Crippen molar-refractivity contribution in [3.63, 3.8) is 0 Å². The van der Waals surface area contributed by atoms with Gasteiger partial charge in [0.25, 0.3) is 15.9 Å². The van der Waals surface area contributed by atoms with Gasteiger partial charge in [-0.05, 0) is 73.7 Å². The monoisotopic (exact) mass is 492 g/mol. The minimum absolute atomic E-state index is 0.111. The average Bonchev–Trinajstić information content (AvgIpc) is 3.31. The van der Waals surface area contributed by atoms with Crippen molar-refractivity contribution in [1.82, 2.24) is 9.55 Å². The van der Waals surface area contributed by atoms with Crippen molar-refractivity contribution in [3.05, 3.63) is 95.8 Å². The maximum Gasteiger partial charge on any atom is 0.261 e. The van der Waals surface area contributed by atoms with Gasteiger partial charge < -0.3 is 5.32 Å². The number of hydrogen-bond donors (Lipinski definition) is 2. The third kappa shape index (κ3) is 5.00. The third-order valence-electron chi connectivity index (χ3n) is 5.32. The molecule has 0 fully saturated rings. The molecule has 34 heavy (non-hydrogen) atoms. The molecule has 0 aliphatic heterocycles. The average molecular weight is 493 g/mol. The van der Waals surface area contributed by atoms with Crippen LogP contribution < -0.4 is 10.0 Å². The Balaban J connectivity index is 1.50. The molecule has 0 saturated carbocycles. The van der Waals surface area contributed by atoms with Crippen molar-refractivity contribution in [2.24, 2.45) is 0 Å². The Morgan fingerprint density at radius 3 is 2.32 bits per heavy atom. The second-order valence-electron chi connectivity index (χ2n) is 7.69. The maximum atomic E-state index is 12.9. The Morgan fingerprint density at radius 2 is 1.65 bits per heavy atom. The summed E-state index contributed by atoms with van der Waals surface area (Å²) in [7, 11) is -3.77. The first-order valence-electron chi connectivity index (χ1n) is 10.5. The van der Waals surface area contributed by atoms with E-state index in [9.17, 15) is 13.2 Å². The number of thioether (sulfide) groups is 1. The topological polar surface area (TPSA) is 93.1 Å². The van der Waals surface area contributed by atoms with Crippen molar-refractivity contribution in [1.29, 1.82) is 0 Å². The van der Waals surface area contributed by atoms with Crippen LogP contribution in [0, 0.1) is 13.8 Å². The Labute approximate surface area is 203 Å². The summed E-state index contributed by atoms with van der Waals surface area (Å²) in [6.07, 6.45) is 5.49. The number of carbonyl (C=O) groups is 1. The number of rotatable bonds is 7. The summed E-state index contributed by atoms with van der Waals surface area (Å²) in [5, 5.41) is 3.64. The van der Waals surface area contributed by atoms with Crippen LogP contribution in [0.3, 0.4) is 0 Å². The highest BCUT2D eigenvalue weighted by molar-refractivity contribution is 7.98. The summed E-state index contributed by atoms with van der Waals surface area (Å²) in [6, 6.07) is 18.9. The molecular formula is C25H24N4O3S2. The molecule has 1 aromatic heterocycles. The van der Waals surface area contributed by atoms with Crippen molar-refractivity contribution >= 4 is 39.1 Å². The molecular weight excluding hydrogens is 468 g/mol. The van der Waals surface area contributed by atoms with Gasteiger partial charge in [0.05, 0.1) is 10.6 Å². The van der Waals surface area contributed by atoms with Crippen LogP contribution in [0.1, 0.15) is 21.5 Å². The summed E-state index contributed by atoms with van der Waals surface area (Å²) in [6.45, 7) is 3.71. The fourth-order valence-electron chi connectivity index (χ4n) is 3.52. The lowest BCUT2D eigenvalue weighted by atomic mass is 10.1. The zero-order valence-corrected chi connectivity index (χ0v) is 20.6. The van der Waals surface area contributed by atoms with Crippen LogP contribution in [-0.4, -0.2) is 30.1 Å². The molecule has 0 radical (unpaired) electrons. The Bertz CT molecular complexity index is 1430. The number of nitrogens with zero attached hydrogens (tertiary/aromatic N) is 2. The molecule has 1 amide bonds. The number of benzene rings is 3. The molecule has 0 atom stereocenters. The van der Waals surface area contributed by atoms with E-state index in [4.69, 9.17) is 0 Å². The summed E-state index contributed by atoms with van der Waals surface area (Å²) in [4.78, 5) is 17.2. The predicted octanol–water partition coefficient (Wildman–Crippen LogP) is 5.26. The molecule has 4 rings (SSSR count). The number of anilines is 2. The zero-order valence-electron chi connectivity index (χ0n) is 18.9. The highest BCUT2D eigenvalue weighted by Crippen LogP contribution is 2.24. The maximum absolute atomic E-state index is 12.9. The van der Waals surface area contributed by atoms with Crippen LogP contribution in [0.5, 0.6) is 0 Å². The van der Waals surface area contributed by atoms with E-state index >= 15 is 0 Å². The number of carbonyl (C=O) groups excluding carboxylic acids is 1. The van der Waals surface area contributed by atoms with E-state index in [1.54, 1.807) is 30.5 Å². The summed E-state index contributed by atoms with van der Waals surface area (Å²) in [5.74, 6) is -0.295. The van der Waals surface area contributed by atoms with Gasteiger partial charge >= 0.3 is 0 Å². The van der Waals surface area contributed by atoms with Gasteiger partial charge in [-0.25, -0.2) is 13.4 Å². The van der Waals surface area contributed by atoms with Gasteiger partial charge in [-0.1, -0.05) is 36.0 Å². The molecule has 9 heteroatoms. The van der Waals surface area contributed by atoms with Crippen LogP contribution in [0.25, 0.3) is 5.69 Å². The van der Waals surface area contributed by atoms with Gasteiger partial charge in [0.1, 0.15) is 0 Å². The van der Waals surface area contributed by atoms with E-state index in [0.29, 0.717) is 16.9 Å². The molecule has 0 saturated heterocycles. The molecule has 2 N–H and O–H groups in total. The minimum Gasteiger partial charge on any atom is -0.322 e. The van der Waals surface area contributed by atoms with Crippen LogP contribution in [0.15, 0.2) is 89.2 Å². The molecule has 174 valence electrons. The predicted molar refractivity (Wildman–Crippen MR) is 136 cm³/mol. The molecule has 0 spiro atoms. The van der Waals surface area contributed by atoms with Crippen LogP contribution in [-0.2, 0) is 10.0 Å². The van der Waals surface area contributed by atoms with Crippen molar-refractivity contribution in [3.8, 4) is 5.69 Å². The number of amides is 1. The lowest BCUT2D eigenvalue weighted by Crippen LogP contribution is -2.15. The van der Waals surface area contributed by atoms with E-state index in [-0.39, 0.29) is 10.8 Å². The SMILES string of the molecule is CSc1nccn1-c1cccc(C(=O)Nc2ccc(S(=O)(=O)Nc3c(C)cccc3C)cc2)c1. The summed E-state index contributed by atoms with van der Waals surface area (Å²) in [5.41, 5.74) is 4.06. The number of sulfonamides is 1. The smallest absolute Gasteiger partial charge is 0.261 e. The normalized spacial score (nSPS) is 11.3. The molecule has 0 bridgehead atoms. The molecule has 0 aliphatic carbocycles. The Hall–Kier alpha value is -3.56. The lowest BCUT2D eigenvalue weighted by Gasteiger charge is -2.13. The first-order chi connectivity index (χ1) is 16.3. The standard InChI is InChI=1S/C25H24N4O3S2/c1-17-6-4-7-18(2)23(17)28-34(31,32)22-12-10-20(11-13-22)27-24(30)19-8-5-9-21(16-19)29-15-14-26-25(29)33-3/h4-16,28H,1-3H3,(H,27,30). The highest BCUT2D eigenvalue weighted by Gasteiger charge is 2.17. The molecule has 0 unspecified atom stereocenters. The van der Waals surface area contributed by atoms with Crippen LogP contribution >= 0.6 is 11.8 Å². The molecule has 0 aliphatic rings. The van der Waals surface area contributed by atoms with E-state index in [1.807, 2.05) is 61.2 Å². The van der Waals surface area contributed by atoms with Gasteiger partial charge in [0.2, 0.25) is 0 Å². The van der Waals surface area contributed by atoms with E-state index in [2.05, 4.69) is 15.0 Å². The van der Waals surface area contributed by atoms with Crippen molar-refractivity contribution in [2.75, 3.05) is 16.3 Å². The molecule has 4 aromatic rings. The summed E-state index contributed by atoms with van der Waals surface area (Å²) < 4.78 is 30.3. The van der Waals surface area contributed by atoms with E-state index < -0.39 is 10.0 Å². The van der Waals surface area contributed by atoms with Crippen LogP contribution in [0.2, 0.25) is 0 Å². The second kappa shape index (κ2) is 9.74. The Morgan fingerprint density at radius 1 is 0.971 bits per heavy atom. The number of aryl methyl sites for hydroxylation is 2. The molecule has 1 heterocycles. The molecule has 7 nitrogen and oxygen atoms in total. The number of hydrogen-bond acceptors (Lipinski definition) is 5. The quantitative estimate of drug-likeness (QED) is 0.343. The van der Waals surface area contributed by atoms with Gasteiger partial charge in [0.15, 0.2) is 5.16 Å². The fraction of sp³-hybridized carbons (Fsp3) is 0.120. The number of nitrogens with one attached hydrogen (secondary N) is 2. The lowest BCUT2D eigenvalue weighted by molar-refractivity contribution is 0.102. The zero-order chi connectivity index (χ0) is 24.3. The number of aromatic nitrogens is 2. The minimum atomic E-state index is -3.77. The second-order valence-corrected chi connectivity index (χ2v) is 10.1. The largest absolute Gasteiger partial charge is 0.322 e. The molecule has 3 aromatic carbocycles. The van der Waals surface area contributed by atoms with Crippen molar-refractivity contribution in [2.45, 2.75) is 23.9 Å². The number of imidazole rings is 1. The van der Waals surface area contributed by atoms with Crippen LogP contribution in [0.4, 0.5) is 11.4 Å². The van der Waals surface area contributed by atoms with E-state index in [0.717, 1.165) is 22.0 Å². The van der Waals surface area contributed by atoms with Gasteiger partial charge in [-0.2, -0.15) is 0 Å². The van der Waals surface area contributed by atoms with Gasteiger partial charge in [0, 0.05) is 29.3 Å². The first kappa shape index (κ1) is 23.6. The van der Waals surface area contributed by atoms with Crippen molar-refractivity contribution < 1.29 is 13.2 Å². The van der Waals surface area contributed by atoms with E-state index in [1.165, 1.54) is 23.9 Å². The first-order valence-corrected chi connectivity index (χ1v) is 13.2. The Kier molecular flexibility index (Phi) is 6.76. The number of para-hydroxylation sites is 1.